The Morgan fingerprint density at radius 2 is 1.10 bits per heavy atom. The summed E-state index contributed by atoms with van der Waals surface area (Å²) >= 11 is 1.88. The minimum absolute atomic E-state index is 0.272. The smallest absolute Gasteiger partial charge is 0.155 e. The van der Waals surface area contributed by atoms with Gasteiger partial charge in [0, 0.05) is 21.8 Å². The molecule has 12 rings (SSSR count). The maximum absolute atomic E-state index is 5.44. The van der Waals surface area contributed by atoms with E-state index in [1.807, 2.05) is 17.8 Å². The fraction of sp³-hybridized carbons (Fsp3) is 0.0526. The van der Waals surface area contributed by atoms with Crippen molar-refractivity contribution in [3.8, 4) is 22.3 Å². The largest absolute Gasteiger partial charge is 0.253 e. The molecule has 1 atom stereocenters. The van der Waals surface area contributed by atoms with Gasteiger partial charge in [-0.1, -0.05) is 188 Å². The highest BCUT2D eigenvalue weighted by Crippen LogP contribution is 2.62. The number of amidine groups is 1. The summed E-state index contributed by atoms with van der Waals surface area (Å²) in [6, 6.07) is 72.9. The monoisotopic (exact) mass is 782 g/mol. The van der Waals surface area contributed by atoms with Crippen LogP contribution in [-0.2, 0) is 5.41 Å². The molecule has 0 radical (unpaired) electrons. The molecule has 1 aliphatic carbocycles. The van der Waals surface area contributed by atoms with Crippen molar-refractivity contribution in [2.75, 3.05) is 0 Å². The van der Waals surface area contributed by atoms with Crippen LogP contribution in [0.2, 0.25) is 0 Å². The van der Waals surface area contributed by atoms with E-state index in [1.54, 1.807) is 0 Å². The molecule has 9 aromatic rings. The van der Waals surface area contributed by atoms with E-state index in [1.165, 1.54) is 70.3 Å². The van der Waals surface area contributed by atoms with Crippen LogP contribution < -0.4 is 0 Å². The van der Waals surface area contributed by atoms with E-state index in [2.05, 4.69) is 194 Å². The first-order valence-electron chi connectivity index (χ1n) is 20.7. The maximum Gasteiger partial charge on any atom is 0.155 e. The third kappa shape index (κ3) is 5.36. The summed E-state index contributed by atoms with van der Waals surface area (Å²) in [4.78, 5) is 13.4. The van der Waals surface area contributed by atoms with E-state index >= 15 is 0 Å². The average Bonchev–Trinajstić information content (AvgIpc) is 3.47. The van der Waals surface area contributed by atoms with Crippen LogP contribution in [0.4, 0.5) is 0 Å². The van der Waals surface area contributed by atoms with Crippen molar-refractivity contribution < 1.29 is 0 Å². The molecule has 3 aliphatic rings. The number of hydrogen-bond donors (Lipinski definition) is 0. The van der Waals surface area contributed by atoms with Crippen molar-refractivity contribution >= 4 is 44.9 Å². The van der Waals surface area contributed by atoms with Crippen molar-refractivity contribution in [2.24, 2.45) is 9.98 Å². The zero-order chi connectivity index (χ0) is 39.8. The summed E-state index contributed by atoms with van der Waals surface area (Å²) in [7, 11) is 0. The van der Waals surface area contributed by atoms with Gasteiger partial charge in [-0.05, 0) is 113 Å². The zero-order valence-corrected chi connectivity index (χ0v) is 33.7. The van der Waals surface area contributed by atoms with Crippen LogP contribution in [0.5, 0.6) is 0 Å². The quantitative estimate of drug-likeness (QED) is 0.129. The number of rotatable bonds is 4. The molecule has 1 spiro atoms. The van der Waals surface area contributed by atoms with Crippen LogP contribution in [0, 0.1) is 0 Å². The van der Waals surface area contributed by atoms with Crippen molar-refractivity contribution in [3.63, 3.8) is 0 Å². The van der Waals surface area contributed by atoms with Crippen LogP contribution in [0.1, 0.15) is 51.4 Å². The lowest BCUT2D eigenvalue weighted by molar-refractivity contribution is 0.723. The van der Waals surface area contributed by atoms with E-state index in [-0.39, 0.29) is 6.04 Å². The van der Waals surface area contributed by atoms with E-state index < -0.39 is 5.41 Å². The highest BCUT2D eigenvalue weighted by molar-refractivity contribution is 7.99. The standard InChI is InChI=1S/C57H38N2S/c1-36-32-52(42-28-30-45-41(34-42)27-26-37-14-5-6-19-44(37)45)58-56(38-15-3-2-4-16-38)59-55(36)43-18-13-17-39(33-43)40-29-31-54-51(35-40)57(50-24-11-12-25-53(50)60-54)48-22-9-7-20-46(48)47-21-8-10-23-49(47)57/h2-31,33-35,55H,1,32H2. The minimum atomic E-state index is -0.425. The summed E-state index contributed by atoms with van der Waals surface area (Å²) in [6.07, 6.45) is 0.616. The molecule has 0 fully saturated rings. The van der Waals surface area contributed by atoms with E-state index in [9.17, 15) is 0 Å². The number of benzene rings is 9. The SMILES string of the molecule is C=C1CC(c2ccc3c(ccc4ccccc43)c2)=NC(c2ccccc2)=NC1c1cccc(-c2ccc3c(c2)C2(c4ccccc4S3)c3ccccc3-c3ccccc32)c1. The molecule has 2 aliphatic heterocycles. The summed E-state index contributed by atoms with van der Waals surface area (Å²) in [5.41, 5.74) is 15.1. The second-order valence-electron chi connectivity index (χ2n) is 16.1. The third-order valence-electron chi connectivity index (χ3n) is 12.8. The Hall–Kier alpha value is -7.07. The molecular formula is C57H38N2S. The van der Waals surface area contributed by atoms with Crippen molar-refractivity contribution in [1.29, 1.82) is 0 Å². The highest BCUT2D eigenvalue weighted by Gasteiger charge is 2.50. The van der Waals surface area contributed by atoms with Crippen LogP contribution in [0.3, 0.4) is 0 Å². The van der Waals surface area contributed by atoms with E-state index in [0.29, 0.717) is 6.42 Å². The van der Waals surface area contributed by atoms with Gasteiger partial charge in [-0.15, -0.1) is 0 Å². The molecule has 0 bridgehead atoms. The highest BCUT2D eigenvalue weighted by atomic mass is 32.2. The average molecular weight is 783 g/mol. The van der Waals surface area contributed by atoms with Gasteiger partial charge >= 0.3 is 0 Å². The lowest BCUT2D eigenvalue weighted by Gasteiger charge is -2.40. The van der Waals surface area contributed by atoms with E-state index in [4.69, 9.17) is 16.6 Å². The molecular weight excluding hydrogens is 745 g/mol. The van der Waals surface area contributed by atoms with Gasteiger partial charge < -0.3 is 0 Å². The predicted octanol–water partition coefficient (Wildman–Crippen LogP) is 14.4. The summed E-state index contributed by atoms with van der Waals surface area (Å²) in [5.74, 6) is 0.725. The number of fused-ring (bicyclic) bond motifs is 12. The van der Waals surface area contributed by atoms with Crippen molar-refractivity contribution in [1.82, 2.24) is 0 Å². The number of hydrogen-bond acceptors (Lipinski definition) is 3. The maximum atomic E-state index is 5.44. The van der Waals surface area contributed by atoms with Gasteiger partial charge in [0.2, 0.25) is 0 Å². The first-order chi connectivity index (χ1) is 29.6. The molecule has 2 heterocycles. The van der Waals surface area contributed by atoms with Crippen molar-refractivity contribution in [2.45, 2.75) is 27.7 Å². The Morgan fingerprint density at radius 3 is 1.93 bits per heavy atom. The van der Waals surface area contributed by atoms with Gasteiger partial charge in [0.15, 0.2) is 5.84 Å². The van der Waals surface area contributed by atoms with Crippen LogP contribution in [-0.4, -0.2) is 11.5 Å². The predicted molar refractivity (Wildman–Crippen MR) is 251 cm³/mol. The summed E-state index contributed by atoms with van der Waals surface area (Å²) in [6.45, 7) is 4.72. The lowest BCUT2D eigenvalue weighted by Crippen LogP contribution is -2.32. The first kappa shape index (κ1) is 34.9. The van der Waals surface area contributed by atoms with Gasteiger partial charge in [-0.2, -0.15) is 0 Å². The van der Waals surface area contributed by atoms with Crippen LogP contribution in [0.15, 0.2) is 232 Å². The Labute approximate surface area is 354 Å². The van der Waals surface area contributed by atoms with Gasteiger partial charge in [0.1, 0.15) is 0 Å². The van der Waals surface area contributed by atoms with Gasteiger partial charge in [-0.25, -0.2) is 4.99 Å². The Morgan fingerprint density at radius 1 is 0.467 bits per heavy atom. The minimum Gasteiger partial charge on any atom is -0.253 e. The summed E-state index contributed by atoms with van der Waals surface area (Å²) in [5, 5.41) is 4.95. The topological polar surface area (TPSA) is 24.7 Å². The molecule has 3 heteroatoms. The van der Waals surface area contributed by atoms with Gasteiger partial charge in [-0.3, -0.25) is 4.99 Å². The molecule has 1 unspecified atom stereocenters. The normalized spacial score (nSPS) is 16.1. The van der Waals surface area contributed by atoms with Crippen LogP contribution >= 0.6 is 11.8 Å². The molecule has 2 nitrogen and oxygen atoms in total. The van der Waals surface area contributed by atoms with Gasteiger partial charge in [0.25, 0.3) is 0 Å². The molecule has 282 valence electrons. The number of nitrogens with zero attached hydrogens (tertiary/aromatic N) is 2. The Balaban J connectivity index is 0.963. The Kier molecular flexibility index (Phi) is 8.01. The second-order valence-corrected chi connectivity index (χ2v) is 17.2. The Bertz CT molecular complexity index is 3260. The zero-order valence-electron chi connectivity index (χ0n) is 32.8. The lowest BCUT2D eigenvalue weighted by atomic mass is 9.67. The van der Waals surface area contributed by atoms with Crippen molar-refractivity contribution in [3.05, 3.63) is 251 Å². The fourth-order valence-electron chi connectivity index (χ4n) is 10.0. The first-order valence-corrected chi connectivity index (χ1v) is 21.5. The molecule has 0 amide bonds. The summed E-state index contributed by atoms with van der Waals surface area (Å²) < 4.78 is 0. The molecule has 0 N–H and O–H groups in total. The molecule has 60 heavy (non-hydrogen) atoms. The molecule has 0 saturated heterocycles. The fourth-order valence-corrected chi connectivity index (χ4v) is 11.2. The van der Waals surface area contributed by atoms with E-state index in [0.717, 1.165) is 39.4 Å². The second kappa shape index (κ2) is 13.8. The van der Waals surface area contributed by atoms with Gasteiger partial charge in [0.05, 0.1) is 17.2 Å². The molecule has 9 aromatic carbocycles. The van der Waals surface area contributed by atoms with Crippen LogP contribution in [0.25, 0.3) is 43.8 Å². The molecule has 0 aromatic heterocycles. The molecule has 0 saturated carbocycles. The third-order valence-corrected chi connectivity index (χ3v) is 13.9. The number of aliphatic imine (C=N–C) groups is 2.